The monoisotopic (exact) mass is 145 g/mol. The van der Waals surface area contributed by atoms with E-state index in [2.05, 4.69) is 4.74 Å². The first-order valence-electron chi connectivity index (χ1n) is 2.88. The van der Waals surface area contributed by atoms with E-state index in [1.807, 2.05) is 0 Å². The Morgan fingerprint density at radius 1 is 1.70 bits per heavy atom. The molecule has 4 heteroatoms. The Bertz CT molecular complexity index is 142. The van der Waals surface area contributed by atoms with E-state index in [0.29, 0.717) is 6.61 Å². The van der Waals surface area contributed by atoms with Gasteiger partial charge in [-0.1, -0.05) is 0 Å². The fourth-order valence-electron chi connectivity index (χ4n) is 0.366. The van der Waals surface area contributed by atoms with E-state index in [4.69, 9.17) is 10.5 Å². The van der Waals surface area contributed by atoms with Crippen molar-refractivity contribution in [1.82, 2.24) is 0 Å². The number of ether oxygens (including phenoxy) is 2. The zero-order chi connectivity index (χ0) is 7.98. The predicted octanol–water partition coefficient (Wildman–Crippen LogP) is -0.00400. The van der Waals surface area contributed by atoms with Crippen LogP contribution in [0.4, 0.5) is 0 Å². The molecule has 2 N–H and O–H groups in total. The van der Waals surface area contributed by atoms with Crippen LogP contribution in [0.15, 0.2) is 12.0 Å². The molecule has 0 aliphatic rings. The summed E-state index contributed by atoms with van der Waals surface area (Å²) in [5, 5.41) is 0. The molecule has 0 radical (unpaired) electrons. The molecular weight excluding hydrogens is 134 g/mol. The quantitative estimate of drug-likeness (QED) is 0.447. The van der Waals surface area contributed by atoms with Crippen molar-refractivity contribution < 1.29 is 14.3 Å². The van der Waals surface area contributed by atoms with Gasteiger partial charge < -0.3 is 15.2 Å². The minimum atomic E-state index is -0.629. The summed E-state index contributed by atoms with van der Waals surface area (Å²) >= 11 is 0. The fraction of sp³-hybridized carbons (Fsp3) is 0.500. The SMILES string of the molecule is CCOC=C(OC)C(N)=O. The van der Waals surface area contributed by atoms with Crippen molar-refractivity contribution in [2.75, 3.05) is 13.7 Å². The van der Waals surface area contributed by atoms with Gasteiger partial charge in [-0.05, 0) is 6.92 Å². The van der Waals surface area contributed by atoms with Crippen LogP contribution in [-0.4, -0.2) is 19.6 Å². The van der Waals surface area contributed by atoms with Crippen molar-refractivity contribution in [1.29, 1.82) is 0 Å². The van der Waals surface area contributed by atoms with Gasteiger partial charge in [-0.3, -0.25) is 4.79 Å². The van der Waals surface area contributed by atoms with Crippen molar-refractivity contribution in [3.05, 3.63) is 12.0 Å². The number of primary amides is 1. The van der Waals surface area contributed by atoms with Gasteiger partial charge >= 0.3 is 0 Å². The smallest absolute Gasteiger partial charge is 0.287 e. The van der Waals surface area contributed by atoms with Crippen LogP contribution in [0.5, 0.6) is 0 Å². The highest BCUT2D eigenvalue weighted by Crippen LogP contribution is 1.93. The molecule has 0 aromatic heterocycles. The number of carbonyl (C=O) groups is 1. The standard InChI is InChI=1S/C6H11NO3/c1-3-10-4-5(9-2)6(7)8/h4H,3H2,1-2H3,(H2,7,8). The summed E-state index contributed by atoms with van der Waals surface area (Å²) in [5.74, 6) is -0.599. The minimum Gasteiger partial charge on any atom is -0.497 e. The first kappa shape index (κ1) is 8.81. The third-order valence-electron chi connectivity index (χ3n) is 0.820. The maximum Gasteiger partial charge on any atom is 0.287 e. The van der Waals surface area contributed by atoms with E-state index < -0.39 is 5.91 Å². The summed E-state index contributed by atoms with van der Waals surface area (Å²) in [6.45, 7) is 2.28. The first-order chi connectivity index (χ1) is 4.72. The van der Waals surface area contributed by atoms with Crippen LogP contribution in [0, 0.1) is 0 Å². The molecule has 0 unspecified atom stereocenters. The number of amides is 1. The van der Waals surface area contributed by atoms with E-state index in [0.717, 1.165) is 0 Å². The molecule has 4 nitrogen and oxygen atoms in total. The molecule has 0 atom stereocenters. The van der Waals surface area contributed by atoms with Crippen molar-refractivity contribution in [3.8, 4) is 0 Å². The molecule has 0 heterocycles. The number of hydrogen-bond donors (Lipinski definition) is 1. The summed E-state index contributed by atoms with van der Waals surface area (Å²) in [6.07, 6.45) is 1.20. The Labute approximate surface area is 59.6 Å². The van der Waals surface area contributed by atoms with Gasteiger partial charge in [0.1, 0.15) is 6.26 Å². The summed E-state index contributed by atoms with van der Waals surface area (Å²) in [6, 6.07) is 0. The zero-order valence-corrected chi connectivity index (χ0v) is 6.09. The molecule has 0 rings (SSSR count). The van der Waals surface area contributed by atoms with E-state index in [-0.39, 0.29) is 5.76 Å². The van der Waals surface area contributed by atoms with Crippen molar-refractivity contribution in [2.45, 2.75) is 6.92 Å². The van der Waals surface area contributed by atoms with E-state index >= 15 is 0 Å². The van der Waals surface area contributed by atoms with Gasteiger partial charge in [0, 0.05) is 0 Å². The second-order valence-electron chi connectivity index (χ2n) is 1.51. The molecule has 10 heavy (non-hydrogen) atoms. The first-order valence-corrected chi connectivity index (χ1v) is 2.88. The maximum absolute atomic E-state index is 10.4. The molecule has 0 spiro atoms. The van der Waals surface area contributed by atoms with Crippen LogP contribution in [-0.2, 0) is 14.3 Å². The van der Waals surface area contributed by atoms with Crippen molar-refractivity contribution >= 4 is 5.91 Å². The van der Waals surface area contributed by atoms with Crippen LogP contribution >= 0.6 is 0 Å². The number of nitrogens with two attached hydrogens (primary N) is 1. The Morgan fingerprint density at radius 2 is 2.30 bits per heavy atom. The van der Waals surface area contributed by atoms with Gasteiger partial charge in [0.15, 0.2) is 0 Å². The van der Waals surface area contributed by atoms with Crippen LogP contribution in [0.2, 0.25) is 0 Å². The normalized spacial score (nSPS) is 10.8. The summed E-state index contributed by atoms with van der Waals surface area (Å²) < 4.78 is 9.34. The number of carbonyl (C=O) groups excluding carboxylic acids is 1. The lowest BCUT2D eigenvalue weighted by atomic mass is 10.5. The Morgan fingerprint density at radius 3 is 2.60 bits per heavy atom. The van der Waals surface area contributed by atoms with Crippen molar-refractivity contribution in [2.24, 2.45) is 5.73 Å². The predicted molar refractivity (Wildman–Crippen MR) is 35.9 cm³/mol. The van der Waals surface area contributed by atoms with Crippen LogP contribution in [0.3, 0.4) is 0 Å². The second-order valence-corrected chi connectivity index (χ2v) is 1.51. The van der Waals surface area contributed by atoms with E-state index in [1.165, 1.54) is 13.4 Å². The average Bonchev–Trinajstić information content (AvgIpc) is 1.89. The van der Waals surface area contributed by atoms with E-state index in [1.54, 1.807) is 6.92 Å². The largest absolute Gasteiger partial charge is 0.497 e. The van der Waals surface area contributed by atoms with Crippen LogP contribution in [0.25, 0.3) is 0 Å². The van der Waals surface area contributed by atoms with E-state index in [9.17, 15) is 4.79 Å². The molecule has 0 bridgehead atoms. The van der Waals surface area contributed by atoms with Gasteiger partial charge in [0.2, 0.25) is 5.76 Å². The van der Waals surface area contributed by atoms with Gasteiger partial charge in [-0.2, -0.15) is 0 Å². The lowest BCUT2D eigenvalue weighted by molar-refractivity contribution is -0.117. The molecule has 0 aromatic rings. The molecule has 0 saturated heterocycles. The fourth-order valence-corrected chi connectivity index (χ4v) is 0.366. The summed E-state index contributed by atoms with van der Waals surface area (Å²) in [5.41, 5.74) is 4.88. The van der Waals surface area contributed by atoms with Crippen molar-refractivity contribution in [3.63, 3.8) is 0 Å². The number of rotatable bonds is 4. The maximum atomic E-state index is 10.4. The van der Waals surface area contributed by atoms with Gasteiger partial charge in [-0.15, -0.1) is 0 Å². The van der Waals surface area contributed by atoms with Gasteiger partial charge in [0.25, 0.3) is 5.91 Å². The topological polar surface area (TPSA) is 61.6 Å². The average molecular weight is 145 g/mol. The van der Waals surface area contributed by atoms with Gasteiger partial charge in [0.05, 0.1) is 13.7 Å². The number of methoxy groups -OCH3 is 1. The molecule has 0 aromatic carbocycles. The molecule has 58 valence electrons. The second kappa shape index (κ2) is 4.67. The Balaban J connectivity index is 3.91. The lowest BCUT2D eigenvalue weighted by Gasteiger charge is -2.00. The highest BCUT2D eigenvalue weighted by Gasteiger charge is 2.02. The van der Waals surface area contributed by atoms with Crippen LogP contribution in [0.1, 0.15) is 6.92 Å². The molecule has 0 fully saturated rings. The molecule has 0 aliphatic carbocycles. The molecule has 0 saturated carbocycles. The van der Waals surface area contributed by atoms with Crippen LogP contribution < -0.4 is 5.73 Å². The lowest BCUT2D eigenvalue weighted by Crippen LogP contribution is -2.15. The third kappa shape index (κ3) is 2.96. The molecule has 1 amide bonds. The minimum absolute atomic E-state index is 0.0295. The Hall–Kier alpha value is -1.19. The molecular formula is C6H11NO3. The third-order valence-corrected chi connectivity index (χ3v) is 0.820. The highest BCUT2D eigenvalue weighted by atomic mass is 16.5. The highest BCUT2D eigenvalue weighted by molar-refractivity contribution is 5.89. The zero-order valence-electron chi connectivity index (χ0n) is 6.09. The Kier molecular flexibility index (Phi) is 4.11. The summed E-state index contributed by atoms with van der Waals surface area (Å²) in [4.78, 5) is 10.4. The van der Waals surface area contributed by atoms with Gasteiger partial charge in [-0.25, -0.2) is 0 Å². The number of hydrogen-bond acceptors (Lipinski definition) is 3. The summed E-state index contributed by atoms with van der Waals surface area (Å²) in [7, 11) is 1.36. The molecule has 0 aliphatic heterocycles.